The number of ether oxygens (including phenoxy) is 1. The minimum atomic E-state index is -1.23. The Balaban J connectivity index is 1.46. The lowest BCUT2D eigenvalue weighted by molar-refractivity contribution is -0.123. The molecule has 4 rings (SSSR count). The van der Waals surface area contributed by atoms with Gasteiger partial charge in [-0.2, -0.15) is 0 Å². The van der Waals surface area contributed by atoms with Crippen LogP contribution in [-0.2, 0) is 4.79 Å². The summed E-state index contributed by atoms with van der Waals surface area (Å²) in [6, 6.07) is 7.56. The first-order chi connectivity index (χ1) is 18.0. The van der Waals surface area contributed by atoms with E-state index in [2.05, 4.69) is 4.90 Å². The molecular formula is C29H36F3N3O3. The molecule has 0 aliphatic carbocycles. The first-order valence-electron chi connectivity index (χ1n) is 13.3. The van der Waals surface area contributed by atoms with Crippen LogP contribution in [0.25, 0.3) is 11.1 Å². The van der Waals surface area contributed by atoms with Gasteiger partial charge >= 0.3 is 0 Å². The van der Waals surface area contributed by atoms with Gasteiger partial charge in [-0.1, -0.05) is 12.1 Å². The summed E-state index contributed by atoms with van der Waals surface area (Å²) in [7, 11) is 0. The number of piperidine rings is 2. The van der Waals surface area contributed by atoms with Gasteiger partial charge in [-0.3, -0.25) is 9.59 Å². The second-order valence-electron chi connectivity index (χ2n) is 11.0. The Labute approximate surface area is 221 Å². The van der Waals surface area contributed by atoms with E-state index in [1.54, 1.807) is 19.9 Å². The van der Waals surface area contributed by atoms with E-state index < -0.39 is 35.2 Å². The molecule has 2 aromatic rings. The van der Waals surface area contributed by atoms with E-state index in [1.165, 1.54) is 29.2 Å². The number of likely N-dealkylation sites (tertiary alicyclic amines) is 2. The lowest BCUT2D eigenvalue weighted by Gasteiger charge is -2.34. The zero-order valence-electron chi connectivity index (χ0n) is 22.0. The highest BCUT2D eigenvalue weighted by Gasteiger charge is 2.34. The number of hydrogen-bond acceptors (Lipinski definition) is 4. The van der Waals surface area contributed by atoms with Crippen molar-refractivity contribution < 1.29 is 27.5 Å². The number of nitrogens with zero attached hydrogens (tertiary/aromatic N) is 2. The van der Waals surface area contributed by atoms with Crippen LogP contribution >= 0.6 is 0 Å². The van der Waals surface area contributed by atoms with Crippen LogP contribution in [0.1, 0.15) is 56.3 Å². The van der Waals surface area contributed by atoms with E-state index in [4.69, 9.17) is 10.5 Å². The highest BCUT2D eigenvalue weighted by molar-refractivity contribution is 6.03. The van der Waals surface area contributed by atoms with Crippen LogP contribution in [0.2, 0.25) is 0 Å². The van der Waals surface area contributed by atoms with Crippen LogP contribution in [-0.4, -0.2) is 66.1 Å². The molecule has 9 heteroatoms. The van der Waals surface area contributed by atoms with Gasteiger partial charge < -0.3 is 20.3 Å². The first kappa shape index (κ1) is 28.0. The molecule has 0 spiro atoms. The van der Waals surface area contributed by atoms with Gasteiger partial charge in [0.05, 0.1) is 12.2 Å². The molecule has 2 saturated heterocycles. The number of amides is 2. The fourth-order valence-electron chi connectivity index (χ4n) is 5.44. The predicted molar refractivity (Wildman–Crippen MR) is 140 cm³/mol. The van der Waals surface area contributed by atoms with Crippen molar-refractivity contribution in [3.63, 3.8) is 0 Å². The van der Waals surface area contributed by atoms with Gasteiger partial charge in [0, 0.05) is 30.3 Å². The van der Waals surface area contributed by atoms with Crippen LogP contribution in [0, 0.1) is 17.6 Å². The maximum atomic E-state index is 15.3. The summed E-state index contributed by atoms with van der Waals surface area (Å²) >= 11 is 0. The Morgan fingerprint density at radius 3 is 2.39 bits per heavy atom. The van der Waals surface area contributed by atoms with Gasteiger partial charge in [0.25, 0.3) is 5.91 Å². The highest BCUT2D eigenvalue weighted by atomic mass is 19.1. The Morgan fingerprint density at radius 2 is 1.74 bits per heavy atom. The second kappa shape index (κ2) is 11.8. The standard InChI is InChI=1S/C29H36F3N3O3/c1-29(2,32)18-34-14-11-19(12-15-34)17-38-20-9-10-21(24(31)16-20)22-6-5-7-23(30)26(22)28(37)35-13-4-3-8-25(35)27(33)36/h5-7,9-10,16,19,25H,3-4,8,11-15,17-18H2,1-2H3,(H2,33,36)/t25-/m1/s1. The Bertz CT molecular complexity index is 1160. The maximum Gasteiger partial charge on any atom is 0.258 e. The second-order valence-corrected chi connectivity index (χ2v) is 11.0. The first-order valence-corrected chi connectivity index (χ1v) is 13.3. The predicted octanol–water partition coefficient (Wildman–Crippen LogP) is 4.95. The average molecular weight is 532 g/mol. The Kier molecular flexibility index (Phi) is 8.65. The molecule has 2 aromatic carbocycles. The SMILES string of the molecule is CC(C)(F)CN1CCC(COc2ccc(-c3cccc(F)c3C(=O)N3CCCC[C@@H]3C(N)=O)c(F)c2)CC1. The molecule has 2 aliphatic rings. The van der Waals surface area contributed by atoms with Crippen LogP contribution in [0.3, 0.4) is 0 Å². The van der Waals surface area contributed by atoms with Crippen molar-refractivity contribution in [1.29, 1.82) is 0 Å². The van der Waals surface area contributed by atoms with E-state index in [0.29, 0.717) is 31.7 Å². The van der Waals surface area contributed by atoms with Crippen molar-refractivity contribution in [1.82, 2.24) is 9.80 Å². The quantitative estimate of drug-likeness (QED) is 0.523. The number of rotatable bonds is 8. The minimum Gasteiger partial charge on any atom is -0.493 e. The molecule has 2 fully saturated rings. The summed E-state index contributed by atoms with van der Waals surface area (Å²) in [5.74, 6) is -2.13. The third kappa shape index (κ3) is 6.67. The van der Waals surface area contributed by atoms with Crippen molar-refractivity contribution in [2.75, 3.05) is 32.8 Å². The topological polar surface area (TPSA) is 75.9 Å². The molecule has 2 N–H and O–H groups in total. The van der Waals surface area contributed by atoms with Crippen molar-refractivity contribution >= 4 is 11.8 Å². The molecule has 206 valence electrons. The van der Waals surface area contributed by atoms with Crippen LogP contribution < -0.4 is 10.5 Å². The van der Waals surface area contributed by atoms with Gasteiger partial charge in [-0.25, -0.2) is 13.2 Å². The summed E-state index contributed by atoms with van der Waals surface area (Å²) in [4.78, 5) is 28.7. The van der Waals surface area contributed by atoms with Crippen LogP contribution in [0.15, 0.2) is 36.4 Å². The van der Waals surface area contributed by atoms with Crippen LogP contribution in [0.4, 0.5) is 13.2 Å². The number of halogens is 3. The number of benzene rings is 2. The normalized spacial score (nSPS) is 19.4. The lowest BCUT2D eigenvalue weighted by atomic mass is 9.95. The van der Waals surface area contributed by atoms with Crippen molar-refractivity contribution in [2.45, 2.75) is 57.7 Å². The maximum absolute atomic E-state index is 15.3. The molecule has 0 saturated carbocycles. The monoisotopic (exact) mass is 531 g/mol. The third-order valence-electron chi connectivity index (χ3n) is 7.34. The van der Waals surface area contributed by atoms with Crippen molar-refractivity contribution in [3.05, 3.63) is 53.6 Å². The molecule has 2 aliphatic heterocycles. The summed E-state index contributed by atoms with van der Waals surface area (Å²) < 4.78 is 50.0. The summed E-state index contributed by atoms with van der Waals surface area (Å²) in [6.07, 6.45) is 3.57. The number of alkyl halides is 1. The number of hydrogen-bond donors (Lipinski definition) is 1. The van der Waals surface area contributed by atoms with Crippen LogP contribution in [0.5, 0.6) is 5.75 Å². The fourth-order valence-corrected chi connectivity index (χ4v) is 5.44. The van der Waals surface area contributed by atoms with E-state index in [9.17, 15) is 18.4 Å². The van der Waals surface area contributed by atoms with Crippen molar-refractivity contribution in [3.8, 4) is 16.9 Å². The zero-order valence-corrected chi connectivity index (χ0v) is 22.0. The number of primary amides is 1. The third-order valence-corrected chi connectivity index (χ3v) is 7.34. The number of carbonyl (C=O) groups is 2. The molecule has 6 nitrogen and oxygen atoms in total. The van der Waals surface area contributed by atoms with E-state index in [1.807, 2.05) is 0 Å². The zero-order chi connectivity index (χ0) is 27.4. The van der Waals surface area contributed by atoms with Gasteiger partial charge in [0.1, 0.15) is 29.1 Å². The average Bonchev–Trinajstić information content (AvgIpc) is 2.87. The largest absolute Gasteiger partial charge is 0.493 e. The Morgan fingerprint density at radius 1 is 1.00 bits per heavy atom. The van der Waals surface area contributed by atoms with E-state index in [0.717, 1.165) is 38.4 Å². The highest BCUT2D eigenvalue weighted by Crippen LogP contribution is 2.33. The molecule has 0 unspecified atom stereocenters. The number of carbonyl (C=O) groups excluding carboxylic acids is 2. The summed E-state index contributed by atoms with van der Waals surface area (Å²) in [5, 5.41) is 0. The number of nitrogens with two attached hydrogens (primary N) is 1. The smallest absolute Gasteiger partial charge is 0.258 e. The van der Waals surface area contributed by atoms with Gasteiger partial charge in [0.2, 0.25) is 5.91 Å². The summed E-state index contributed by atoms with van der Waals surface area (Å²) in [6.45, 7) is 5.83. The Hall–Kier alpha value is -3.07. The van der Waals surface area contributed by atoms with E-state index in [-0.39, 0.29) is 29.2 Å². The molecule has 38 heavy (non-hydrogen) atoms. The van der Waals surface area contributed by atoms with Gasteiger partial charge in [0.15, 0.2) is 0 Å². The molecular weight excluding hydrogens is 495 g/mol. The summed E-state index contributed by atoms with van der Waals surface area (Å²) in [5.41, 5.74) is 4.16. The lowest BCUT2D eigenvalue weighted by Crippen LogP contribution is -2.50. The van der Waals surface area contributed by atoms with Gasteiger partial charge in [-0.05, 0) is 83.2 Å². The molecule has 0 aromatic heterocycles. The minimum absolute atomic E-state index is 0.0648. The van der Waals surface area contributed by atoms with E-state index >= 15 is 4.39 Å². The molecule has 2 amide bonds. The van der Waals surface area contributed by atoms with Crippen molar-refractivity contribution in [2.24, 2.45) is 11.7 Å². The molecule has 2 heterocycles. The van der Waals surface area contributed by atoms with Gasteiger partial charge in [-0.15, -0.1) is 0 Å². The fraction of sp³-hybridized carbons (Fsp3) is 0.517. The molecule has 1 atom stereocenters. The molecule has 0 bridgehead atoms. The molecule has 0 radical (unpaired) electrons.